The van der Waals surface area contributed by atoms with Crippen molar-refractivity contribution in [3.8, 4) is 11.1 Å². The van der Waals surface area contributed by atoms with Crippen molar-refractivity contribution in [3.63, 3.8) is 0 Å². The highest BCUT2D eigenvalue weighted by atomic mass is 19.1. The molecule has 0 N–H and O–H groups in total. The van der Waals surface area contributed by atoms with E-state index in [1.54, 1.807) is 29.1 Å². The standard InChI is InChI=1S/C15H15F2NO/c1-2-11-9-18(8-7-16)10-14(15(11)19)12-3-5-13(17)6-4-12/h3-6,9-10H,2,7-8H2,1H3. The molecule has 0 aliphatic heterocycles. The van der Waals surface area contributed by atoms with Gasteiger partial charge in [-0.1, -0.05) is 19.1 Å². The van der Waals surface area contributed by atoms with Crippen LogP contribution in [0.25, 0.3) is 11.1 Å². The first-order chi connectivity index (χ1) is 9.15. The van der Waals surface area contributed by atoms with Crippen LogP contribution >= 0.6 is 0 Å². The number of pyridine rings is 1. The van der Waals surface area contributed by atoms with E-state index in [1.165, 1.54) is 12.1 Å². The topological polar surface area (TPSA) is 22.0 Å². The van der Waals surface area contributed by atoms with Crippen LogP contribution in [0.3, 0.4) is 0 Å². The summed E-state index contributed by atoms with van der Waals surface area (Å²) >= 11 is 0. The Morgan fingerprint density at radius 3 is 2.42 bits per heavy atom. The fourth-order valence-electron chi connectivity index (χ4n) is 2.01. The van der Waals surface area contributed by atoms with Crippen molar-refractivity contribution in [2.24, 2.45) is 0 Å². The van der Waals surface area contributed by atoms with E-state index in [9.17, 15) is 13.6 Å². The highest BCUT2D eigenvalue weighted by molar-refractivity contribution is 5.63. The Balaban J connectivity index is 2.57. The molecule has 2 aromatic rings. The van der Waals surface area contributed by atoms with Gasteiger partial charge in [0, 0.05) is 23.5 Å². The summed E-state index contributed by atoms with van der Waals surface area (Å²) in [5, 5.41) is 0. The van der Waals surface area contributed by atoms with Crippen LogP contribution in [0.5, 0.6) is 0 Å². The van der Waals surface area contributed by atoms with Crippen molar-refractivity contribution < 1.29 is 8.78 Å². The van der Waals surface area contributed by atoms with Gasteiger partial charge in [0.05, 0.1) is 6.54 Å². The molecule has 1 aromatic carbocycles. The van der Waals surface area contributed by atoms with Crippen LogP contribution in [0.1, 0.15) is 12.5 Å². The molecule has 0 bridgehead atoms. The first-order valence-electron chi connectivity index (χ1n) is 6.20. The molecule has 2 rings (SSSR count). The SMILES string of the molecule is CCc1cn(CCF)cc(-c2ccc(F)cc2)c1=O. The second-order valence-corrected chi connectivity index (χ2v) is 4.31. The fourth-order valence-corrected chi connectivity index (χ4v) is 2.01. The third kappa shape index (κ3) is 2.89. The van der Waals surface area contributed by atoms with Gasteiger partial charge >= 0.3 is 0 Å². The molecule has 4 heteroatoms. The lowest BCUT2D eigenvalue weighted by molar-refractivity contribution is 0.444. The number of aromatic nitrogens is 1. The summed E-state index contributed by atoms with van der Waals surface area (Å²) in [7, 11) is 0. The third-order valence-electron chi connectivity index (χ3n) is 3.03. The normalized spacial score (nSPS) is 10.7. The van der Waals surface area contributed by atoms with Gasteiger partial charge in [0.2, 0.25) is 0 Å². The second kappa shape index (κ2) is 5.78. The van der Waals surface area contributed by atoms with Gasteiger partial charge in [-0.15, -0.1) is 0 Å². The number of hydrogen-bond donors (Lipinski definition) is 0. The number of alkyl halides is 1. The molecule has 0 amide bonds. The quantitative estimate of drug-likeness (QED) is 0.830. The maximum atomic E-state index is 12.9. The number of halogens is 2. The lowest BCUT2D eigenvalue weighted by atomic mass is 10.0. The molecule has 0 fully saturated rings. The molecular weight excluding hydrogens is 248 g/mol. The first kappa shape index (κ1) is 13.5. The molecule has 0 atom stereocenters. The highest BCUT2D eigenvalue weighted by Gasteiger charge is 2.09. The van der Waals surface area contributed by atoms with Gasteiger partial charge in [0.15, 0.2) is 5.43 Å². The zero-order valence-corrected chi connectivity index (χ0v) is 10.7. The summed E-state index contributed by atoms with van der Waals surface area (Å²) in [6.45, 7) is 1.60. The molecule has 0 spiro atoms. The highest BCUT2D eigenvalue weighted by Crippen LogP contribution is 2.16. The van der Waals surface area contributed by atoms with Crippen molar-refractivity contribution >= 4 is 0 Å². The molecule has 0 saturated heterocycles. The van der Waals surface area contributed by atoms with E-state index in [1.807, 2.05) is 6.92 Å². The second-order valence-electron chi connectivity index (χ2n) is 4.31. The largest absolute Gasteiger partial charge is 0.350 e. The molecule has 100 valence electrons. The van der Waals surface area contributed by atoms with Gasteiger partial charge < -0.3 is 4.57 Å². The van der Waals surface area contributed by atoms with Gasteiger partial charge in [0.25, 0.3) is 0 Å². The minimum atomic E-state index is -0.491. The zero-order valence-electron chi connectivity index (χ0n) is 10.7. The van der Waals surface area contributed by atoms with Gasteiger partial charge in [-0.05, 0) is 24.1 Å². The number of aryl methyl sites for hydroxylation is 2. The Morgan fingerprint density at radius 1 is 1.16 bits per heavy atom. The molecule has 0 unspecified atom stereocenters. The van der Waals surface area contributed by atoms with Crippen molar-refractivity contribution in [3.05, 3.63) is 58.3 Å². The maximum absolute atomic E-state index is 12.9. The van der Waals surface area contributed by atoms with Gasteiger partial charge in [-0.25, -0.2) is 8.78 Å². The van der Waals surface area contributed by atoms with E-state index in [2.05, 4.69) is 0 Å². The lowest BCUT2D eigenvalue weighted by Gasteiger charge is -2.10. The smallest absolute Gasteiger partial charge is 0.192 e. The maximum Gasteiger partial charge on any atom is 0.192 e. The third-order valence-corrected chi connectivity index (χ3v) is 3.03. The predicted octanol–water partition coefficient (Wildman–Crippen LogP) is 3.19. The van der Waals surface area contributed by atoms with Crippen LogP contribution in [0.4, 0.5) is 8.78 Å². The summed E-state index contributed by atoms with van der Waals surface area (Å²) in [5.74, 6) is -0.348. The molecule has 19 heavy (non-hydrogen) atoms. The number of rotatable bonds is 4. The van der Waals surface area contributed by atoms with Crippen LogP contribution in [0.2, 0.25) is 0 Å². The summed E-state index contributed by atoms with van der Waals surface area (Å²) in [5.41, 5.74) is 1.68. The number of hydrogen-bond acceptors (Lipinski definition) is 1. The summed E-state index contributed by atoms with van der Waals surface area (Å²) in [6, 6.07) is 5.75. The van der Waals surface area contributed by atoms with E-state index in [-0.39, 0.29) is 17.8 Å². The summed E-state index contributed by atoms with van der Waals surface area (Å²) in [6.07, 6.45) is 3.88. The first-order valence-corrected chi connectivity index (χ1v) is 6.20. The Hall–Kier alpha value is -1.97. The Kier molecular flexibility index (Phi) is 4.10. The van der Waals surface area contributed by atoms with Crippen molar-refractivity contribution in [2.75, 3.05) is 6.67 Å². The zero-order chi connectivity index (χ0) is 13.8. The molecular formula is C15H15F2NO. The van der Waals surface area contributed by atoms with Crippen LogP contribution < -0.4 is 5.43 Å². The van der Waals surface area contributed by atoms with Crippen LogP contribution in [-0.2, 0) is 13.0 Å². The molecule has 0 aliphatic carbocycles. The minimum absolute atomic E-state index is 0.0794. The molecule has 1 heterocycles. The van der Waals surface area contributed by atoms with Crippen LogP contribution in [0, 0.1) is 5.82 Å². The van der Waals surface area contributed by atoms with E-state index >= 15 is 0 Å². The van der Waals surface area contributed by atoms with Gasteiger partial charge in [-0.2, -0.15) is 0 Å². The monoisotopic (exact) mass is 263 g/mol. The van der Waals surface area contributed by atoms with E-state index in [0.717, 1.165) is 0 Å². The molecule has 0 saturated carbocycles. The number of nitrogens with zero attached hydrogens (tertiary/aromatic N) is 1. The van der Waals surface area contributed by atoms with Gasteiger partial charge in [-0.3, -0.25) is 4.79 Å². The Labute approximate surface area is 110 Å². The van der Waals surface area contributed by atoms with E-state index < -0.39 is 6.67 Å². The van der Waals surface area contributed by atoms with E-state index in [0.29, 0.717) is 23.1 Å². The average molecular weight is 263 g/mol. The fraction of sp³-hybridized carbons (Fsp3) is 0.267. The molecule has 2 nitrogen and oxygen atoms in total. The van der Waals surface area contributed by atoms with Crippen molar-refractivity contribution in [1.82, 2.24) is 4.57 Å². The Morgan fingerprint density at radius 2 is 1.84 bits per heavy atom. The molecule has 0 radical (unpaired) electrons. The van der Waals surface area contributed by atoms with Crippen molar-refractivity contribution in [2.45, 2.75) is 19.9 Å². The van der Waals surface area contributed by atoms with E-state index in [4.69, 9.17) is 0 Å². The minimum Gasteiger partial charge on any atom is -0.350 e. The predicted molar refractivity (Wildman–Crippen MR) is 71.4 cm³/mol. The molecule has 0 aliphatic rings. The Bertz CT molecular complexity index is 617. The van der Waals surface area contributed by atoms with Crippen molar-refractivity contribution in [1.29, 1.82) is 0 Å². The van der Waals surface area contributed by atoms with Crippen LogP contribution in [0.15, 0.2) is 41.5 Å². The molecule has 1 aromatic heterocycles. The van der Waals surface area contributed by atoms with Gasteiger partial charge in [0.1, 0.15) is 12.5 Å². The number of benzene rings is 1. The average Bonchev–Trinajstić information content (AvgIpc) is 2.42. The summed E-state index contributed by atoms with van der Waals surface area (Å²) in [4.78, 5) is 12.2. The summed E-state index contributed by atoms with van der Waals surface area (Å²) < 4.78 is 27.0. The van der Waals surface area contributed by atoms with Crippen LogP contribution in [-0.4, -0.2) is 11.2 Å². The lowest BCUT2D eigenvalue weighted by Crippen LogP contribution is -2.15.